The van der Waals surface area contributed by atoms with Gasteiger partial charge in [0.05, 0.1) is 42.5 Å². The number of hydrogen-bond acceptors (Lipinski definition) is 8. The molecule has 0 bridgehead atoms. The lowest BCUT2D eigenvalue weighted by Crippen LogP contribution is -2.50. The minimum Gasteiger partial charge on any atom is -0.497 e. The van der Waals surface area contributed by atoms with E-state index in [1.54, 1.807) is 6.07 Å². The van der Waals surface area contributed by atoms with E-state index in [0.717, 1.165) is 11.0 Å². The highest BCUT2D eigenvalue weighted by Gasteiger charge is 2.53. The van der Waals surface area contributed by atoms with E-state index in [4.69, 9.17) is 9.47 Å². The summed E-state index contributed by atoms with van der Waals surface area (Å²) in [4.78, 5) is 53.1. The van der Waals surface area contributed by atoms with E-state index in [2.05, 4.69) is 16.0 Å². The zero-order chi connectivity index (χ0) is 34.3. The van der Waals surface area contributed by atoms with Crippen LogP contribution in [0.5, 0.6) is 5.75 Å². The van der Waals surface area contributed by atoms with E-state index in [1.165, 1.54) is 74.9 Å². The second-order valence-corrected chi connectivity index (χ2v) is 13.5. The number of carbonyl (C=O) groups is 4. The van der Waals surface area contributed by atoms with E-state index < -0.39 is 63.3 Å². The first-order chi connectivity index (χ1) is 22.4. The number of methoxy groups -OCH3 is 2. The molecule has 250 valence electrons. The molecule has 1 saturated heterocycles. The van der Waals surface area contributed by atoms with Crippen molar-refractivity contribution in [1.82, 2.24) is 15.5 Å². The molecule has 1 aliphatic heterocycles. The van der Waals surface area contributed by atoms with Crippen LogP contribution in [-0.4, -0.2) is 75.7 Å². The summed E-state index contributed by atoms with van der Waals surface area (Å²) in [5.74, 6) is -2.48. The van der Waals surface area contributed by atoms with Gasteiger partial charge in [0.15, 0.2) is 9.84 Å². The van der Waals surface area contributed by atoms with E-state index >= 15 is 4.39 Å². The van der Waals surface area contributed by atoms with Crippen molar-refractivity contribution >= 4 is 39.3 Å². The fraction of sp³-hybridized carbons (Fsp3) is 0.333. The summed E-state index contributed by atoms with van der Waals surface area (Å²) in [6, 6.07) is 13.6. The summed E-state index contributed by atoms with van der Waals surface area (Å²) in [5.41, 5.74) is 0.323. The molecule has 1 heterocycles. The lowest BCUT2D eigenvalue weighted by atomic mass is 10.0. The second-order valence-electron chi connectivity index (χ2n) is 11.3. The quantitative estimate of drug-likeness (QED) is 0.261. The molecule has 3 atom stereocenters. The van der Waals surface area contributed by atoms with Crippen LogP contribution in [0.25, 0.3) is 0 Å². The van der Waals surface area contributed by atoms with E-state index in [9.17, 15) is 27.6 Å². The zero-order valence-corrected chi connectivity index (χ0v) is 27.2. The standard InChI is InChI=1S/C33H37FN4O8S/c1-20(2)18-35-31(40)27-17-28(47(43,44)24-12-8-11-23(16-24)45-3)30(25-13-5-6-14-26(25)34)38(27)29(39)19-36-33(42)37-22-10-7-9-21(15-22)32(41)46-4/h5-16,20,27-28,30H,17-19H2,1-4H3,(H,35,40)(H2,36,37,42). The monoisotopic (exact) mass is 668 g/mol. The van der Waals surface area contributed by atoms with Crippen LogP contribution < -0.4 is 20.7 Å². The molecule has 3 aromatic carbocycles. The van der Waals surface area contributed by atoms with E-state index in [0.29, 0.717) is 0 Å². The topological polar surface area (TPSA) is 160 Å². The average Bonchev–Trinajstić information content (AvgIpc) is 3.47. The molecule has 47 heavy (non-hydrogen) atoms. The Kier molecular flexibility index (Phi) is 11.2. The lowest BCUT2D eigenvalue weighted by Gasteiger charge is -2.32. The van der Waals surface area contributed by atoms with Crippen molar-refractivity contribution in [3.05, 3.63) is 89.7 Å². The van der Waals surface area contributed by atoms with Crippen LogP contribution in [0.3, 0.4) is 0 Å². The van der Waals surface area contributed by atoms with Crippen molar-refractivity contribution in [3.8, 4) is 5.75 Å². The highest BCUT2D eigenvalue weighted by atomic mass is 32.2. The number of benzene rings is 3. The first-order valence-electron chi connectivity index (χ1n) is 14.8. The first kappa shape index (κ1) is 34.9. The maximum Gasteiger partial charge on any atom is 0.337 e. The summed E-state index contributed by atoms with van der Waals surface area (Å²) < 4.78 is 53.8. The number of ether oxygens (including phenoxy) is 2. The highest BCUT2D eigenvalue weighted by Crippen LogP contribution is 2.43. The molecule has 4 rings (SSSR count). The Morgan fingerprint density at radius 1 is 0.957 bits per heavy atom. The van der Waals surface area contributed by atoms with Crippen molar-refractivity contribution in [1.29, 1.82) is 0 Å². The van der Waals surface area contributed by atoms with Crippen LogP contribution in [0.4, 0.5) is 14.9 Å². The smallest absolute Gasteiger partial charge is 0.337 e. The van der Waals surface area contributed by atoms with Gasteiger partial charge in [-0.1, -0.05) is 44.2 Å². The Labute approximate surface area is 272 Å². The third-order valence-electron chi connectivity index (χ3n) is 7.65. The first-order valence-corrected chi connectivity index (χ1v) is 16.4. The number of urea groups is 1. The minimum atomic E-state index is -4.29. The van der Waals surface area contributed by atoms with Crippen LogP contribution in [0.15, 0.2) is 77.7 Å². The van der Waals surface area contributed by atoms with Crippen molar-refractivity contribution in [2.24, 2.45) is 5.92 Å². The fourth-order valence-electron chi connectivity index (χ4n) is 5.40. The molecule has 0 radical (unpaired) electrons. The predicted molar refractivity (Wildman–Crippen MR) is 171 cm³/mol. The Bertz CT molecular complexity index is 1750. The third-order valence-corrected chi connectivity index (χ3v) is 9.81. The van der Waals surface area contributed by atoms with Crippen LogP contribution >= 0.6 is 0 Å². The molecular formula is C33H37FN4O8S. The Hall–Kier alpha value is -4.98. The third kappa shape index (κ3) is 8.06. The van der Waals surface area contributed by atoms with Gasteiger partial charge in [-0.05, 0) is 54.8 Å². The Balaban J connectivity index is 1.69. The summed E-state index contributed by atoms with van der Waals surface area (Å²) in [6.07, 6.45) is -0.333. The van der Waals surface area contributed by atoms with E-state index in [-0.39, 0.29) is 46.3 Å². The largest absolute Gasteiger partial charge is 0.497 e. The number of nitrogens with one attached hydrogen (secondary N) is 3. The molecule has 3 unspecified atom stereocenters. The fourth-order valence-corrected chi connectivity index (χ4v) is 7.35. The normalized spacial score (nSPS) is 17.6. The Morgan fingerprint density at radius 2 is 1.68 bits per heavy atom. The van der Waals surface area contributed by atoms with Crippen molar-refractivity contribution in [3.63, 3.8) is 0 Å². The van der Waals surface area contributed by atoms with Gasteiger partial charge in [0, 0.05) is 17.8 Å². The van der Waals surface area contributed by atoms with Crippen molar-refractivity contribution < 1.29 is 41.5 Å². The SMILES string of the molecule is COC(=O)c1cccc(NC(=O)NCC(=O)N2C(C(=O)NCC(C)C)CC(S(=O)(=O)c3cccc(OC)c3)C2c2ccccc2F)c1. The van der Waals surface area contributed by atoms with Crippen LogP contribution in [0, 0.1) is 11.7 Å². The molecule has 14 heteroatoms. The van der Waals surface area contributed by atoms with Gasteiger partial charge in [0.2, 0.25) is 11.8 Å². The summed E-state index contributed by atoms with van der Waals surface area (Å²) >= 11 is 0. The van der Waals surface area contributed by atoms with Gasteiger partial charge in [-0.3, -0.25) is 9.59 Å². The summed E-state index contributed by atoms with van der Waals surface area (Å²) in [7, 11) is -1.69. The van der Waals surface area contributed by atoms with Crippen molar-refractivity contribution in [2.45, 2.75) is 42.5 Å². The number of amides is 4. The van der Waals surface area contributed by atoms with Gasteiger partial charge >= 0.3 is 12.0 Å². The molecule has 3 N–H and O–H groups in total. The Morgan fingerprint density at radius 3 is 2.36 bits per heavy atom. The number of rotatable bonds is 11. The number of nitrogens with zero attached hydrogens (tertiary/aromatic N) is 1. The number of anilines is 1. The van der Waals surface area contributed by atoms with Gasteiger partial charge < -0.3 is 30.3 Å². The second kappa shape index (κ2) is 15.1. The van der Waals surface area contributed by atoms with Gasteiger partial charge in [-0.15, -0.1) is 0 Å². The number of carbonyl (C=O) groups excluding carboxylic acids is 4. The number of hydrogen-bond donors (Lipinski definition) is 3. The highest BCUT2D eigenvalue weighted by molar-refractivity contribution is 7.92. The number of esters is 1. The van der Waals surface area contributed by atoms with Crippen LogP contribution in [0.2, 0.25) is 0 Å². The number of likely N-dealkylation sites (tertiary alicyclic amines) is 1. The van der Waals surface area contributed by atoms with Crippen LogP contribution in [-0.2, 0) is 24.2 Å². The van der Waals surface area contributed by atoms with Crippen LogP contribution in [0.1, 0.15) is 42.2 Å². The molecule has 12 nitrogen and oxygen atoms in total. The molecule has 0 saturated carbocycles. The average molecular weight is 669 g/mol. The van der Waals surface area contributed by atoms with Gasteiger partial charge in [-0.2, -0.15) is 0 Å². The maximum absolute atomic E-state index is 15.4. The molecule has 0 spiro atoms. The van der Waals surface area contributed by atoms with E-state index in [1.807, 2.05) is 13.8 Å². The molecule has 1 fully saturated rings. The van der Waals surface area contributed by atoms with Gasteiger partial charge in [0.1, 0.15) is 17.6 Å². The molecule has 3 aromatic rings. The molecular weight excluding hydrogens is 631 g/mol. The summed E-state index contributed by atoms with van der Waals surface area (Å²) in [5, 5.41) is 6.27. The molecule has 0 aliphatic carbocycles. The van der Waals surface area contributed by atoms with Crippen molar-refractivity contribution in [2.75, 3.05) is 32.6 Å². The molecule has 4 amide bonds. The zero-order valence-electron chi connectivity index (χ0n) is 26.4. The minimum absolute atomic E-state index is 0.0474. The number of halogens is 1. The van der Waals surface area contributed by atoms with Gasteiger partial charge in [0.25, 0.3) is 0 Å². The molecule has 1 aliphatic rings. The summed E-state index contributed by atoms with van der Waals surface area (Å²) in [6.45, 7) is 3.34. The maximum atomic E-state index is 15.4. The molecule has 0 aromatic heterocycles. The van der Waals surface area contributed by atoms with Gasteiger partial charge in [-0.25, -0.2) is 22.4 Å². The lowest BCUT2D eigenvalue weighted by molar-refractivity contribution is -0.139. The number of sulfone groups is 1. The predicted octanol–water partition coefficient (Wildman–Crippen LogP) is 3.70.